The van der Waals surface area contributed by atoms with E-state index in [1.807, 2.05) is 0 Å². The summed E-state index contributed by atoms with van der Waals surface area (Å²) in [7, 11) is 0. The van der Waals surface area contributed by atoms with Crippen molar-refractivity contribution in [2.75, 3.05) is 0 Å². The van der Waals surface area contributed by atoms with E-state index in [4.69, 9.17) is 9.97 Å². The van der Waals surface area contributed by atoms with Crippen LogP contribution in [0, 0.1) is 0 Å². The van der Waals surface area contributed by atoms with E-state index < -0.39 is 5.41 Å². The second kappa shape index (κ2) is 11.6. The Morgan fingerprint density at radius 2 is 0.827 bits per heavy atom. The van der Waals surface area contributed by atoms with Crippen molar-refractivity contribution in [3.8, 4) is 56.2 Å². The Morgan fingerprint density at radius 3 is 1.50 bits per heavy atom. The van der Waals surface area contributed by atoms with Gasteiger partial charge in [0.25, 0.3) is 0 Å². The molecule has 0 bridgehead atoms. The number of hydrogen-bond acceptors (Lipinski definition) is 2. The number of hydrogen-bond donors (Lipinski definition) is 0. The first-order chi connectivity index (χ1) is 25.5. The Bertz CT molecular complexity index is 2600. The molecular weight excluding hydrogens is 629 g/mol. The standard InChI is InChI=1S/C50H36N2/c1-49(2)41-24-11-13-26-43(41)50(44-27-14-12-25-42(44)49)40-23-10-9-22-38(40)39-29-28-37(31-45(39)50)48-51-46(34-18-7-4-8-19-34)32-47(52-48)36-21-15-20-35(30-36)33-16-5-3-6-17-33/h3-32H,1-2H3. The lowest BCUT2D eigenvalue weighted by Gasteiger charge is -2.46. The van der Waals surface area contributed by atoms with E-state index in [0.717, 1.165) is 33.6 Å². The fourth-order valence-corrected chi connectivity index (χ4v) is 8.97. The van der Waals surface area contributed by atoms with Crippen LogP contribution in [0.15, 0.2) is 182 Å². The Labute approximate surface area is 305 Å². The van der Waals surface area contributed by atoms with Gasteiger partial charge < -0.3 is 0 Å². The van der Waals surface area contributed by atoms with Crippen molar-refractivity contribution >= 4 is 0 Å². The van der Waals surface area contributed by atoms with Gasteiger partial charge in [0.1, 0.15) is 0 Å². The summed E-state index contributed by atoms with van der Waals surface area (Å²) in [6.45, 7) is 4.74. The number of benzene rings is 7. The number of fused-ring (bicyclic) bond motifs is 9. The molecule has 1 heterocycles. The van der Waals surface area contributed by atoms with Crippen LogP contribution in [-0.2, 0) is 10.8 Å². The smallest absolute Gasteiger partial charge is 0.160 e. The van der Waals surface area contributed by atoms with Crippen molar-refractivity contribution in [3.63, 3.8) is 0 Å². The van der Waals surface area contributed by atoms with Gasteiger partial charge in [0, 0.05) is 22.1 Å². The zero-order valence-corrected chi connectivity index (χ0v) is 29.2. The lowest BCUT2D eigenvalue weighted by atomic mass is 9.55. The van der Waals surface area contributed by atoms with Crippen molar-refractivity contribution in [2.24, 2.45) is 0 Å². The highest BCUT2D eigenvalue weighted by Gasteiger charge is 2.53. The Hall–Kier alpha value is -6.38. The molecule has 1 aromatic heterocycles. The Morgan fingerprint density at radius 1 is 0.327 bits per heavy atom. The maximum absolute atomic E-state index is 5.34. The van der Waals surface area contributed by atoms with Crippen LogP contribution in [0.3, 0.4) is 0 Å². The van der Waals surface area contributed by atoms with Gasteiger partial charge in [-0.25, -0.2) is 9.97 Å². The number of rotatable bonds is 4. The highest BCUT2D eigenvalue weighted by Crippen LogP contribution is 2.62. The maximum Gasteiger partial charge on any atom is 0.160 e. The average Bonchev–Trinajstić information content (AvgIpc) is 3.51. The molecule has 0 saturated carbocycles. The van der Waals surface area contributed by atoms with Gasteiger partial charge in [0.15, 0.2) is 5.82 Å². The first-order valence-corrected chi connectivity index (χ1v) is 18.1. The molecule has 2 aliphatic rings. The average molecular weight is 665 g/mol. The molecule has 2 heteroatoms. The van der Waals surface area contributed by atoms with Crippen LogP contribution in [0.4, 0.5) is 0 Å². The molecule has 0 unspecified atom stereocenters. The molecule has 0 aliphatic heterocycles. The van der Waals surface area contributed by atoms with E-state index in [0.29, 0.717) is 5.82 Å². The molecule has 1 spiro atoms. The van der Waals surface area contributed by atoms with Gasteiger partial charge in [-0.2, -0.15) is 0 Å². The van der Waals surface area contributed by atoms with Crippen molar-refractivity contribution in [3.05, 3.63) is 215 Å². The lowest BCUT2D eigenvalue weighted by Crippen LogP contribution is -2.40. The summed E-state index contributed by atoms with van der Waals surface area (Å²) in [6, 6.07) is 65.9. The molecule has 0 fully saturated rings. The van der Waals surface area contributed by atoms with Gasteiger partial charge in [0.05, 0.1) is 16.8 Å². The largest absolute Gasteiger partial charge is 0.228 e. The van der Waals surface area contributed by atoms with Crippen LogP contribution in [-0.4, -0.2) is 9.97 Å². The minimum atomic E-state index is -0.478. The predicted octanol–water partition coefficient (Wildman–Crippen LogP) is 12.1. The van der Waals surface area contributed by atoms with Gasteiger partial charge in [-0.05, 0) is 73.8 Å². The van der Waals surface area contributed by atoms with Gasteiger partial charge in [-0.15, -0.1) is 0 Å². The minimum absolute atomic E-state index is 0.149. The molecule has 2 nitrogen and oxygen atoms in total. The van der Waals surface area contributed by atoms with E-state index in [2.05, 4.69) is 196 Å². The molecule has 2 aliphatic carbocycles. The third-order valence-electron chi connectivity index (χ3n) is 11.4. The number of aromatic nitrogens is 2. The summed E-state index contributed by atoms with van der Waals surface area (Å²) in [5.74, 6) is 0.716. The quantitative estimate of drug-likeness (QED) is 0.187. The van der Waals surface area contributed by atoms with Crippen LogP contribution in [0.2, 0.25) is 0 Å². The van der Waals surface area contributed by atoms with Crippen LogP contribution in [0.1, 0.15) is 47.2 Å². The van der Waals surface area contributed by atoms with E-state index in [1.54, 1.807) is 0 Å². The summed E-state index contributed by atoms with van der Waals surface area (Å²) >= 11 is 0. The molecule has 0 radical (unpaired) electrons. The summed E-state index contributed by atoms with van der Waals surface area (Å²) in [4.78, 5) is 10.6. The fraction of sp³-hybridized carbons (Fsp3) is 0.0800. The molecular formula is C50H36N2. The summed E-state index contributed by atoms with van der Waals surface area (Å²) in [5.41, 5.74) is 17.2. The molecule has 8 aromatic rings. The summed E-state index contributed by atoms with van der Waals surface area (Å²) in [6.07, 6.45) is 0. The number of nitrogens with zero attached hydrogens (tertiary/aromatic N) is 2. The summed E-state index contributed by atoms with van der Waals surface area (Å²) < 4.78 is 0. The van der Waals surface area contributed by atoms with Crippen LogP contribution < -0.4 is 0 Å². The molecule has 0 N–H and O–H groups in total. The van der Waals surface area contributed by atoms with E-state index >= 15 is 0 Å². The molecule has 0 amide bonds. The first-order valence-electron chi connectivity index (χ1n) is 18.1. The first kappa shape index (κ1) is 30.4. The normalized spacial score (nSPS) is 14.3. The fourth-order valence-electron chi connectivity index (χ4n) is 8.97. The van der Waals surface area contributed by atoms with Gasteiger partial charge in [-0.1, -0.05) is 178 Å². The van der Waals surface area contributed by atoms with Gasteiger partial charge in [0.2, 0.25) is 0 Å². The SMILES string of the molecule is CC1(C)c2ccccc2C2(c3ccccc3-c3ccc(-c4nc(-c5ccccc5)cc(-c5cccc(-c6ccccc6)c5)n4)cc32)c2ccccc21. The third kappa shape index (κ3) is 4.44. The highest BCUT2D eigenvalue weighted by atomic mass is 14.9. The Kier molecular flexibility index (Phi) is 6.78. The molecule has 0 atom stereocenters. The monoisotopic (exact) mass is 664 g/mol. The van der Waals surface area contributed by atoms with Crippen LogP contribution in [0.25, 0.3) is 56.2 Å². The second-order valence-electron chi connectivity index (χ2n) is 14.5. The van der Waals surface area contributed by atoms with Crippen molar-refractivity contribution < 1.29 is 0 Å². The van der Waals surface area contributed by atoms with Crippen molar-refractivity contribution in [1.29, 1.82) is 0 Å². The van der Waals surface area contributed by atoms with Crippen molar-refractivity contribution in [1.82, 2.24) is 9.97 Å². The molecule has 246 valence electrons. The van der Waals surface area contributed by atoms with E-state index in [1.165, 1.54) is 50.1 Å². The maximum atomic E-state index is 5.34. The third-order valence-corrected chi connectivity index (χ3v) is 11.4. The molecule has 10 rings (SSSR count). The molecule has 7 aromatic carbocycles. The van der Waals surface area contributed by atoms with E-state index in [9.17, 15) is 0 Å². The lowest BCUT2D eigenvalue weighted by molar-refractivity contribution is 0.563. The van der Waals surface area contributed by atoms with Crippen LogP contribution >= 0.6 is 0 Å². The predicted molar refractivity (Wildman–Crippen MR) is 213 cm³/mol. The minimum Gasteiger partial charge on any atom is -0.228 e. The zero-order chi connectivity index (χ0) is 34.9. The Balaban J connectivity index is 1.23. The van der Waals surface area contributed by atoms with Crippen LogP contribution in [0.5, 0.6) is 0 Å². The topological polar surface area (TPSA) is 25.8 Å². The van der Waals surface area contributed by atoms with E-state index in [-0.39, 0.29) is 5.41 Å². The zero-order valence-electron chi connectivity index (χ0n) is 29.2. The van der Waals surface area contributed by atoms with Gasteiger partial charge >= 0.3 is 0 Å². The highest BCUT2D eigenvalue weighted by molar-refractivity contribution is 5.90. The summed E-state index contributed by atoms with van der Waals surface area (Å²) in [5, 5.41) is 0. The van der Waals surface area contributed by atoms with Gasteiger partial charge in [-0.3, -0.25) is 0 Å². The molecule has 0 saturated heterocycles. The second-order valence-corrected chi connectivity index (χ2v) is 14.5. The van der Waals surface area contributed by atoms with Crippen molar-refractivity contribution in [2.45, 2.75) is 24.7 Å². The molecule has 52 heavy (non-hydrogen) atoms.